The Bertz CT molecular complexity index is 591. The summed E-state index contributed by atoms with van der Waals surface area (Å²) in [6.07, 6.45) is 17.5. The van der Waals surface area contributed by atoms with Crippen LogP contribution in [0.15, 0.2) is 11.6 Å². The second-order valence-corrected chi connectivity index (χ2v) is 12.4. The maximum atomic E-state index is 10.2. The Kier molecular flexibility index (Phi) is 6.56. The number of aliphatic hydroxyl groups excluding tert-OH is 1. The van der Waals surface area contributed by atoms with Crippen molar-refractivity contribution < 1.29 is 5.11 Å². The van der Waals surface area contributed by atoms with Crippen LogP contribution >= 0.6 is 0 Å². The molecular formula is C28H48O. The first kappa shape index (κ1) is 21.9. The van der Waals surface area contributed by atoms with Gasteiger partial charge in [-0.25, -0.2) is 0 Å². The quantitative estimate of drug-likeness (QED) is 0.470. The second-order valence-electron chi connectivity index (χ2n) is 12.4. The monoisotopic (exact) mass is 400 g/mol. The van der Waals surface area contributed by atoms with Gasteiger partial charge in [-0.2, -0.15) is 0 Å². The third-order valence-corrected chi connectivity index (χ3v) is 10.6. The van der Waals surface area contributed by atoms with Crippen molar-refractivity contribution in [1.82, 2.24) is 0 Å². The third-order valence-electron chi connectivity index (χ3n) is 10.6. The molecule has 166 valence electrons. The van der Waals surface area contributed by atoms with Gasteiger partial charge >= 0.3 is 0 Å². The molecule has 0 spiro atoms. The Labute approximate surface area is 181 Å². The molecule has 0 aromatic rings. The summed E-state index contributed by atoms with van der Waals surface area (Å²) in [5, 5.41) is 10.2. The normalized spacial score (nSPS) is 44.3. The zero-order chi connectivity index (χ0) is 20.8. The summed E-state index contributed by atoms with van der Waals surface area (Å²) in [5.74, 6) is 7.03. The Morgan fingerprint density at radius 1 is 1.00 bits per heavy atom. The average molecular weight is 401 g/mol. The van der Waals surface area contributed by atoms with E-state index in [1.54, 1.807) is 0 Å². The van der Waals surface area contributed by atoms with E-state index in [0.717, 1.165) is 60.2 Å². The molecule has 1 unspecified atom stereocenters. The van der Waals surface area contributed by atoms with Crippen LogP contribution in [0.4, 0.5) is 0 Å². The van der Waals surface area contributed by atoms with E-state index < -0.39 is 0 Å². The first-order valence-electron chi connectivity index (χ1n) is 13.2. The smallest absolute Gasteiger partial charge is 0.0543 e. The van der Waals surface area contributed by atoms with E-state index in [1.165, 1.54) is 57.8 Å². The Morgan fingerprint density at radius 2 is 1.79 bits per heavy atom. The molecule has 0 radical (unpaired) electrons. The van der Waals surface area contributed by atoms with Gasteiger partial charge in [-0.15, -0.1) is 0 Å². The van der Waals surface area contributed by atoms with Crippen LogP contribution in [0.5, 0.6) is 0 Å². The van der Waals surface area contributed by atoms with Gasteiger partial charge in [-0.1, -0.05) is 59.1 Å². The molecule has 0 aliphatic heterocycles. The van der Waals surface area contributed by atoms with Crippen molar-refractivity contribution >= 4 is 0 Å². The molecule has 0 bridgehead atoms. The van der Waals surface area contributed by atoms with Gasteiger partial charge in [0.2, 0.25) is 0 Å². The van der Waals surface area contributed by atoms with Gasteiger partial charge in [0.1, 0.15) is 0 Å². The number of rotatable bonds is 5. The molecule has 3 fully saturated rings. The highest BCUT2D eigenvalue weighted by molar-refractivity contribution is 5.24. The van der Waals surface area contributed by atoms with Crippen LogP contribution in [0.1, 0.15) is 105 Å². The van der Waals surface area contributed by atoms with Crippen LogP contribution < -0.4 is 0 Å². The Balaban J connectivity index is 1.39. The molecule has 29 heavy (non-hydrogen) atoms. The molecule has 3 saturated carbocycles. The SMILES string of the molecule is CC(C)[C@H](C)CC[C@@H](C)[C@H]1CC[C@H]2C3=CC[C@H]4C[C@@H](O)CC[C@]4(C)[C@H]3CCC2C1. The van der Waals surface area contributed by atoms with Crippen LogP contribution in [-0.4, -0.2) is 11.2 Å². The molecule has 0 aromatic carbocycles. The zero-order valence-electron chi connectivity index (χ0n) is 20.0. The molecule has 4 rings (SSSR count). The van der Waals surface area contributed by atoms with Crippen molar-refractivity contribution in [2.24, 2.45) is 52.8 Å². The summed E-state index contributed by atoms with van der Waals surface area (Å²) in [5.41, 5.74) is 2.36. The van der Waals surface area contributed by atoms with Crippen molar-refractivity contribution in [1.29, 1.82) is 0 Å². The molecule has 1 N–H and O–H groups in total. The highest BCUT2D eigenvalue weighted by atomic mass is 16.3. The predicted octanol–water partition coefficient (Wildman–Crippen LogP) is 7.63. The van der Waals surface area contributed by atoms with Crippen molar-refractivity contribution in [3.05, 3.63) is 11.6 Å². The third kappa shape index (κ3) is 4.24. The fraction of sp³-hybridized carbons (Fsp3) is 0.929. The van der Waals surface area contributed by atoms with E-state index in [9.17, 15) is 5.11 Å². The second kappa shape index (κ2) is 8.68. The van der Waals surface area contributed by atoms with Crippen LogP contribution in [0.2, 0.25) is 0 Å². The highest BCUT2D eigenvalue weighted by Gasteiger charge is 2.52. The molecule has 1 heteroatoms. The number of allylic oxidation sites excluding steroid dienone is 2. The van der Waals surface area contributed by atoms with Crippen molar-refractivity contribution in [2.75, 3.05) is 0 Å². The van der Waals surface area contributed by atoms with Gasteiger partial charge in [0.05, 0.1) is 6.10 Å². The maximum absolute atomic E-state index is 10.2. The lowest BCUT2D eigenvalue weighted by Crippen LogP contribution is -2.48. The van der Waals surface area contributed by atoms with Crippen molar-refractivity contribution in [3.8, 4) is 0 Å². The van der Waals surface area contributed by atoms with Crippen LogP contribution in [-0.2, 0) is 0 Å². The molecule has 0 aromatic heterocycles. The van der Waals surface area contributed by atoms with Crippen LogP contribution in [0.25, 0.3) is 0 Å². The first-order chi connectivity index (χ1) is 13.8. The van der Waals surface area contributed by atoms with Crippen molar-refractivity contribution in [3.63, 3.8) is 0 Å². The topological polar surface area (TPSA) is 20.2 Å². The van der Waals surface area contributed by atoms with E-state index in [-0.39, 0.29) is 6.10 Å². The van der Waals surface area contributed by atoms with E-state index in [4.69, 9.17) is 0 Å². The van der Waals surface area contributed by atoms with Gasteiger partial charge in [0.15, 0.2) is 0 Å². The van der Waals surface area contributed by atoms with Crippen LogP contribution in [0, 0.1) is 52.8 Å². The number of hydrogen-bond donors (Lipinski definition) is 1. The standard InChI is InChI=1S/C28H48O/c1-18(2)19(3)6-7-20(4)21-8-11-25-22(16-21)9-13-27-26(25)12-10-23-17-24(29)14-15-28(23,27)5/h12,18-25,27,29H,6-11,13-17H2,1-5H3/t19-,20-,21+,22?,23+,24+,25-,27+,28+/m1/s1. The molecular weight excluding hydrogens is 352 g/mol. The van der Waals surface area contributed by atoms with Gasteiger partial charge in [0, 0.05) is 0 Å². The highest BCUT2D eigenvalue weighted by Crippen LogP contribution is 2.61. The lowest BCUT2D eigenvalue weighted by molar-refractivity contribution is -0.0355. The predicted molar refractivity (Wildman–Crippen MR) is 124 cm³/mol. The summed E-state index contributed by atoms with van der Waals surface area (Å²) < 4.78 is 0. The molecule has 0 heterocycles. The Morgan fingerprint density at radius 3 is 2.55 bits per heavy atom. The lowest BCUT2D eigenvalue weighted by atomic mass is 9.48. The van der Waals surface area contributed by atoms with E-state index in [2.05, 4.69) is 40.7 Å². The number of aliphatic hydroxyl groups is 1. The summed E-state index contributed by atoms with van der Waals surface area (Å²) >= 11 is 0. The largest absolute Gasteiger partial charge is 0.393 e. The molecule has 4 aliphatic rings. The lowest BCUT2D eigenvalue weighted by Gasteiger charge is -2.57. The molecule has 0 saturated heterocycles. The minimum absolute atomic E-state index is 0.0327. The van der Waals surface area contributed by atoms with E-state index in [0.29, 0.717) is 5.41 Å². The first-order valence-corrected chi connectivity index (χ1v) is 13.2. The summed E-state index contributed by atoms with van der Waals surface area (Å²) in [7, 11) is 0. The summed E-state index contributed by atoms with van der Waals surface area (Å²) in [6, 6.07) is 0. The fourth-order valence-corrected chi connectivity index (χ4v) is 7.98. The van der Waals surface area contributed by atoms with Crippen LogP contribution in [0.3, 0.4) is 0 Å². The maximum Gasteiger partial charge on any atom is 0.0543 e. The molecule has 1 nitrogen and oxygen atoms in total. The van der Waals surface area contributed by atoms with E-state index >= 15 is 0 Å². The minimum atomic E-state index is -0.0327. The Hall–Kier alpha value is -0.300. The van der Waals surface area contributed by atoms with Gasteiger partial charge in [0.25, 0.3) is 0 Å². The molecule has 4 aliphatic carbocycles. The molecule has 9 atom stereocenters. The van der Waals surface area contributed by atoms with Crippen molar-refractivity contribution in [2.45, 2.75) is 111 Å². The minimum Gasteiger partial charge on any atom is -0.393 e. The zero-order valence-corrected chi connectivity index (χ0v) is 20.0. The van der Waals surface area contributed by atoms with Gasteiger partial charge in [-0.05, 0) is 111 Å². The average Bonchev–Trinajstić information content (AvgIpc) is 2.71. The van der Waals surface area contributed by atoms with E-state index in [1.807, 2.05) is 5.57 Å². The number of fused-ring (bicyclic) bond motifs is 5. The van der Waals surface area contributed by atoms with Gasteiger partial charge in [-0.3, -0.25) is 0 Å². The number of hydrogen-bond acceptors (Lipinski definition) is 1. The summed E-state index contributed by atoms with van der Waals surface area (Å²) in [6.45, 7) is 12.4. The fourth-order valence-electron chi connectivity index (χ4n) is 7.98. The molecule has 0 amide bonds. The summed E-state index contributed by atoms with van der Waals surface area (Å²) in [4.78, 5) is 0. The van der Waals surface area contributed by atoms with Gasteiger partial charge < -0.3 is 5.11 Å².